The zero-order chi connectivity index (χ0) is 14.6. The van der Waals surface area contributed by atoms with Crippen LogP contribution >= 0.6 is 0 Å². The second kappa shape index (κ2) is 5.95. The summed E-state index contributed by atoms with van der Waals surface area (Å²) in [6.45, 7) is 7.49. The standard InChI is InChI=1S/C15H23NO3/c1-11(9-12-7-6-8-13(17)10-12)16(5)14(18)19-15(2,3)4/h6-8,10-11,17H,9H2,1-5H3/t11-/m0/s1. The Hall–Kier alpha value is -1.71. The molecular formula is C15H23NO3. The fraction of sp³-hybridized carbons (Fsp3) is 0.533. The molecule has 1 atom stereocenters. The van der Waals surface area contributed by atoms with Gasteiger partial charge in [-0.15, -0.1) is 0 Å². The molecule has 1 rings (SSSR count). The molecule has 0 fully saturated rings. The summed E-state index contributed by atoms with van der Waals surface area (Å²) >= 11 is 0. The lowest BCUT2D eigenvalue weighted by Gasteiger charge is -2.28. The van der Waals surface area contributed by atoms with Gasteiger partial charge in [0.25, 0.3) is 0 Å². The number of likely N-dealkylation sites (N-methyl/N-ethyl adjacent to an activating group) is 1. The van der Waals surface area contributed by atoms with Gasteiger partial charge in [0.2, 0.25) is 0 Å². The minimum Gasteiger partial charge on any atom is -0.508 e. The van der Waals surface area contributed by atoms with E-state index in [1.807, 2.05) is 33.8 Å². The maximum atomic E-state index is 11.9. The average Bonchev–Trinajstić information content (AvgIpc) is 2.25. The van der Waals surface area contributed by atoms with Crippen molar-refractivity contribution in [1.82, 2.24) is 4.90 Å². The van der Waals surface area contributed by atoms with Gasteiger partial charge in [-0.05, 0) is 51.8 Å². The fourth-order valence-corrected chi connectivity index (χ4v) is 1.68. The molecule has 1 amide bonds. The van der Waals surface area contributed by atoms with Gasteiger partial charge >= 0.3 is 6.09 Å². The molecule has 0 radical (unpaired) electrons. The topological polar surface area (TPSA) is 49.8 Å². The highest BCUT2D eigenvalue weighted by atomic mass is 16.6. The average molecular weight is 265 g/mol. The van der Waals surface area contributed by atoms with Gasteiger partial charge in [0.05, 0.1) is 0 Å². The van der Waals surface area contributed by atoms with Gasteiger partial charge in [-0.1, -0.05) is 12.1 Å². The lowest BCUT2D eigenvalue weighted by Crippen LogP contribution is -2.40. The number of carbonyl (C=O) groups excluding carboxylic acids is 1. The third-order valence-electron chi connectivity index (χ3n) is 2.78. The Kier molecular flexibility index (Phi) is 4.81. The number of rotatable bonds is 3. The summed E-state index contributed by atoms with van der Waals surface area (Å²) in [5, 5.41) is 9.42. The summed E-state index contributed by atoms with van der Waals surface area (Å²) in [7, 11) is 1.72. The number of carbonyl (C=O) groups is 1. The molecule has 1 aromatic carbocycles. The van der Waals surface area contributed by atoms with Crippen LogP contribution in [0.5, 0.6) is 5.75 Å². The van der Waals surface area contributed by atoms with Crippen molar-refractivity contribution in [3.05, 3.63) is 29.8 Å². The van der Waals surface area contributed by atoms with Crippen LogP contribution in [0, 0.1) is 0 Å². The van der Waals surface area contributed by atoms with Crippen molar-refractivity contribution in [2.45, 2.75) is 45.8 Å². The maximum Gasteiger partial charge on any atom is 0.410 e. The van der Waals surface area contributed by atoms with Crippen LogP contribution < -0.4 is 0 Å². The van der Waals surface area contributed by atoms with Crippen LogP contribution in [0.4, 0.5) is 4.79 Å². The number of nitrogens with zero attached hydrogens (tertiary/aromatic N) is 1. The molecule has 1 N–H and O–H groups in total. The molecule has 0 heterocycles. The third kappa shape index (κ3) is 5.20. The Morgan fingerprint density at radius 1 is 1.42 bits per heavy atom. The van der Waals surface area contributed by atoms with E-state index in [1.54, 1.807) is 30.1 Å². The van der Waals surface area contributed by atoms with Crippen molar-refractivity contribution in [2.75, 3.05) is 7.05 Å². The van der Waals surface area contributed by atoms with E-state index in [0.717, 1.165) is 5.56 Å². The van der Waals surface area contributed by atoms with Crippen LogP contribution in [0.15, 0.2) is 24.3 Å². The van der Waals surface area contributed by atoms with E-state index in [9.17, 15) is 9.90 Å². The second-order valence-corrected chi connectivity index (χ2v) is 5.81. The molecule has 19 heavy (non-hydrogen) atoms. The lowest BCUT2D eigenvalue weighted by molar-refractivity contribution is 0.0236. The largest absolute Gasteiger partial charge is 0.508 e. The van der Waals surface area contributed by atoms with Crippen LogP contribution in [0.3, 0.4) is 0 Å². The molecule has 1 aromatic rings. The first kappa shape index (κ1) is 15.3. The van der Waals surface area contributed by atoms with Gasteiger partial charge in [-0.2, -0.15) is 0 Å². The Labute approximate surface area is 115 Å². The molecule has 0 aliphatic rings. The molecule has 106 valence electrons. The van der Waals surface area contributed by atoms with E-state index in [2.05, 4.69) is 0 Å². The van der Waals surface area contributed by atoms with Gasteiger partial charge in [0, 0.05) is 13.1 Å². The third-order valence-corrected chi connectivity index (χ3v) is 2.78. The number of phenolic OH excluding ortho intramolecular Hbond substituents is 1. The Balaban J connectivity index is 2.62. The monoisotopic (exact) mass is 265 g/mol. The van der Waals surface area contributed by atoms with Crippen molar-refractivity contribution in [3.63, 3.8) is 0 Å². The highest BCUT2D eigenvalue weighted by molar-refractivity contribution is 5.68. The smallest absolute Gasteiger partial charge is 0.410 e. The number of hydrogen-bond acceptors (Lipinski definition) is 3. The molecule has 0 unspecified atom stereocenters. The molecular weight excluding hydrogens is 242 g/mol. The molecule has 0 bridgehead atoms. The maximum absolute atomic E-state index is 11.9. The number of aromatic hydroxyl groups is 1. The highest BCUT2D eigenvalue weighted by Crippen LogP contribution is 2.16. The van der Waals surface area contributed by atoms with E-state index in [0.29, 0.717) is 6.42 Å². The van der Waals surface area contributed by atoms with Crippen molar-refractivity contribution >= 4 is 6.09 Å². The molecule has 0 saturated heterocycles. The van der Waals surface area contributed by atoms with Gasteiger partial charge in [-0.3, -0.25) is 0 Å². The normalized spacial score (nSPS) is 12.9. The highest BCUT2D eigenvalue weighted by Gasteiger charge is 2.22. The Morgan fingerprint density at radius 2 is 2.05 bits per heavy atom. The first-order valence-corrected chi connectivity index (χ1v) is 6.43. The van der Waals surface area contributed by atoms with Gasteiger partial charge in [0.1, 0.15) is 11.4 Å². The Bertz CT molecular complexity index is 437. The summed E-state index contributed by atoms with van der Waals surface area (Å²) < 4.78 is 5.32. The van der Waals surface area contributed by atoms with Gasteiger partial charge in [-0.25, -0.2) is 4.79 Å². The lowest BCUT2D eigenvalue weighted by atomic mass is 10.1. The van der Waals surface area contributed by atoms with E-state index in [4.69, 9.17) is 4.74 Å². The first-order chi connectivity index (χ1) is 8.69. The predicted octanol–water partition coefficient (Wildman–Crippen LogP) is 3.19. The van der Waals surface area contributed by atoms with E-state index in [-0.39, 0.29) is 17.9 Å². The summed E-state index contributed by atoms with van der Waals surface area (Å²) in [6, 6.07) is 7.06. The summed E-state index contributed by atoms with van der Waals surface area (Å²) in [4.78, 5) is 13.5. The zero-order valence-electron chi connectivity index (χ0n) is 12.3. The number of ether oxygens (including phenoxy) is 1. The van der Waals surface area contributed by atoms with Crippen LogP contribution in [0.1, 0.15) is 33.3 Å². The number of hydrogen-bond donors (Lipinski definition) is 1. The predicted molar refractivity (Wildman–Crippen MR) is 75.3 cm³/mol. The first-order valence-electron chi connectivity index (χ1n) is 6.43. The SMILES string of the molecule is C[C@@H](Cc1cccc(O)c1)N(C)C(=O)OC(C)(C)C. The minimum absolute atomic E-state index is 0.00310. The molecule has 4 heteroatoms. The van der Waals surface area contributed by atoms with E-state index < -0.39 is 5.60 Å². The van der Waals surface area contributed by atoms with E-state index in [1.165, 1.54) is 0 Å². The quantitative estimate of drug-likeness (QED) is 0.913. The molecule has 0 aliphatic heterocycles. The van der Waals surface area contributed by atoms with Crippen molar-refractivity contribution in [1.29, 1.82) is 0 Å². The van der Waals surface area contributed by atoms with Crippen molar-refractivity contribution in [3.8, 4) is 5.75 Å². The molecule has 0 saturated carbocycles. The van der Waals surface area contributed by atoms with Crippen molar-refractivity contribution < 1.29 is 14.6 Å². The minimum atomic E-state index is -0.490. The van der Waals surface area contributed by atoms with Crippen LogP contribution in [-0.4, -0.2) is 34.8 Å². The van der Waals surface area contributed by atoms with Crippen LogP contribution in [0.25, 0.3) is 0 Å². The van der Waals surface area contributed by atoms with Crippen LogP contribution in [0.2, 0.25) is 0 Å². The fourth-order valence-electron chi connectivity index (χ4n) is 1.68. The summed E-state index contributed by atoms with van der Waals surface area (Å²) in [6.07, 6.45) is 0.338. The molecule has 4 nitrogen and oxygen atoms in total. The summed E-state index contributed by atoms with van der Waals surface area (Å²) in [5.74, 6) is 0.240. The summed E-state index contributed by atoms with van der Waals surface area (Å²) in [5.41, 5.74) is 0.499. The van der Waals surface area contributed by atoms with Gasteiger partial charge in [0.15, 0.2) is 0 Å². The van der Waals surface area contributed by atoms with E-state index >= 15 is 0 Å². The number of benzene rings is 1. The molecule has 0 aliphatic carbocycles. The Morgan fingerprint density at radius 3 is 2.58 bits per heavy atom. The molecule has 0 aromatic heterocycles. The molecule has 0 spiro atoms. The van der Waals surface area contributed by atoms with Gasteiger partial charge < -0.3 is 14.7 Å². The van der Waals surface area contributed by atoms with Crippen LogP contribution in [-0.2, 0) is 11.2 Å². The number of amides is 1. The van der Waals surface area contributed by atoms with Crippen molar-refractivity contribution in [2.24, 2.45) is 0 Å². The zero-order valence-corrected chi connectivity index (χ0v) is 12.3. The number of phenols is 1. The second-order valence-electron chi connectivity index (χ2n) is 5.81.